The SMILES string of the molecule is CC(=O)Nc1ccc(/C=C2/C(=O)c3c(O)ccc(F)c3[C@H]2C)cc1. The zero-order valence-electron chi connectivity index (χ0n) is 13.3. The number of ketones is 1. The number of amides is 1. The first-order valence-corrected chi connectivity index (χ1v) is 7.53. The van der Waals surface area contributed by atoms with Gasteiger partial charge in [-0.3, -0.25) is 9.59 Å². The lowest BCUT2D eigenvalue weighted by Gasteiger charge is -2.07. The number of hydrogen-bond acceptors (Lipinski definition) is 3. The van der Waals surface area contributed by atoms with Crippen LogP contribution in [0.25, 0.3) is 6.08 Å². The summed E-state index contributed by atoms with van der Waals surface area (Å²) in [7, 11) is 0. The van der Waals surface area contributed by atoms with E-state index in [0.717, 1.165) is 5.56 Å². The molecule has 0 aromatic heterocycles. The van der Waals surface area contributed by atoms with Crippen molar-refractivity contribution in [3.63, 3.8) is 0 Å². The number of allylic oxidation sites excluding steroid dienone is 1. The van der Waals surface area contributed by atoms with Crippen LogP contribution in [0.5, 0.6) is 5.75 Å². The van der Waals surface area contributed by atoms with Gasteiger partial charge in [0, 0.05) is 29.7 Å². The van der Waals surface area contributed by atoms with Crippen molar-refractivity contribution in [2.45, 2.75) is 19.8 Å². The highest BCUT2D eigenvalue weighted by Gasteiger charge is 2.36. The number of anilines is 1. The third-order valence-electron chi connectivity index (χ3n) is 4.11. The van der Waals surface area contributed by atoms with Crippen molar-refractivity contribution < 1.29 is 19.1 Å². The van der Waals surface area contributed by atoms with Gasteiger partial charge in [-0.2, -0.15) is 0 Å². The molecule has 5 heteroatoms. The summed E-state index contributed by atoms with van der Waals surface area (Å²) in [5.74, 6) is -1.65. The summed E-state index contributed by atoms with van der Waals surface area (Å²) in [5, 5.41) is 12.6. The standard InChI is InChI=1S/C19H16FNO3/c1-10-14(9-12-3-5-13(6-4-12)21-11(2)22)19(24)18-16(23)8-7-15(20)17(10)18/h3-10,23H,1-2H3,(H,21,22)/b14-9+/t10-/m0/s1. The number of fused-ring (bicyclic) bond motifs is 1. The van der Waals surface area contributed by atoms with Crippen molar-refractivity contribution in [3.05, 3.63) is 64.5 Å². The first kappa shape index (κ1) is 15.9. The third kappa shape index (κ3) is 2.69. The quantitative estimate of drug-likeness (QED) is 0.824. The van der Waals surface area contributed by atoms with Gasteiger partial charge in [0.2, 0.25) is 5.91 Å². The molecular formula is C19H16FNO3. The summed E-state index contributed by atoms with van der Waals surface area (Å²) in [5.41, 5.74) is 2.12. The molecule has 1 aliphatic rings. The molecule has 122 valence electrons. The van der Waals surface area contributed by atoms with Crippen molar-refractivity contribution >= 4 is 23.5 Å². The first-order valence-electron chi connectivity index (χ1n) is 7.53. The molecule has 3 rings (SSSR count). The van der Waals surface area contributed by atoms with Crippen molar-refractivity contribution in [1.82, 2.24) is 0 Å². The van der Waals surface area contributed by atoms with E-state index in [1.54, 1.807) is 37.3 Å². The molecule has 0 bridgehead atoms. The van der Waals surface area contributed by atoms with Crippen LogP contribution in [0, 0.1) is 5.82 Å². The summed E-state index contributed by atoms with van der Waals surface area (Å²) in [6.45, 7) is 3.16. The van der Waals surface area contributed by atoms with Gasteiger partial charge in [-0.1, -0.05) is 19.1 Å². The van der Waals surface area contributed by atoms with Gasteiger partial charge in [0.25, 0.3) is 0 Å². The average Bonchev–Trinajstić information content (AvgIpc) is 2.78. The highest BCUT2D eigenvalue weighted by molar-refractivity contribution is 6.18. The van der Waals surface area contributed by atoms with Crippen LogP contribution in [0.3, 0.4) is 0 Å². The molecule has 0 radical (unpaired) electrons. The normalized spacial score (nSPS) is 17.9. The van der Waals surface area contributed by atoms with Gasteiger partial charge in [0.15, 0.2) is 5.78 Å². The fourth-order valence-electron chi connectivity index (χ4n) is 2.98. The molecule has 1 aliphatic carbocycles. The maximum absolute atomic E-state index is 14.1. The number of nitrogens with one attached hydrogen (secondary N) is 1. The van der Waals surface area contributed by atoms with Crippen molar-refractivity contribution in [3.8, 4) is 5.75 Å². The number of carbonyl (C=O) groups excluding carboxylic acids is 2. The molecule has 24 heavy (non-hydrogen) atoms. The number of Topliss-reactive ketones (excluding diaryl/α,β-unsaturated/α-hetero) is 1. The van der Waals surface area contributed by atoms with Crippen LogP contribution >= 0.6 is 0 Å². The monoisotopic (exact) mass is 325 g/mol. The Bertz CT molecular complexity index is 869. The number of hydrogen-bond donors (Lipinski definition) is 2. The molecule has 1 atom stereocenters. The number of halogens is 1. The Morgan fingerprint density at radius 2 is 1.88 bits per heavy atom. The van der Waals surface area contributed by atoms with Crippen LogP contribution in [0.1, 0.15) is 41.3 Å². The molecule has 2 aromatic rings. The highest BCUT2D eigenvalue weighted by atomic mass is 19.1. The van der Waals surface area contributed by atoms with Crippen LogP contribution in [0.4, 0.5) is 10.1 Å². The lowest BCUT2D eigenvalue weighted by Crippen LogP contribution is -2.05. The second-order valence-corrected chi connectivity index (χ2v) is 5.81. The van der Waals surface area contributed by atoms with Crippen LogP contribution in [0.2, 0.25) is 0 Å². The van der Waals surface area contributed by atoms with Gasteiger partial charge >= 0.3 is 0 Å². The van der Waals surface area contributed by atoms with E-state index in [0.29, 0.717) is 11.3 Å². The molecule has 4 nitrogen and oxygen atoms in total. The van der Waals surface area contributed by atoms with Crippen molar-refractivity contribution in [1.29, 1.82) is 0 Å². The molecule has 2 aromatic carbocycles. The smallest absolute Gasteiger partial charge is 0.221 e. The maximum Gasteiger partial charge on any atom is 0.221 e. The molecular weight excluding hydrogens is 309 g/mol. The van der Waals surface area contributed by atoms with Crippen LogP contribution in [-0.2, 0) is 4.79 Å². The minimum absolute atomic E-state index is 0.0450. The lowest BCUT2D eigenvalue weighted by molar-refractivity contribution is -0.114. The Morgan fingerprint density at radius 1 is 1.21 bits per heavy atom. The van der Waals surface area contributed by atoms with Gasteiger partial charge in [-0.05, 0) is 35.9 Å². The topological polar surface area (TPSA) is 66.4 Å². The molecule has 0 saturated carbocycles. The minimum Gasteiger partial charge on any atom is -0.507 e. The molecule has 0 unspecified atom stereocenters. The van der Waals surface area contributed by atoms with E-state index in [1.807, 2.05) is 0 Å². The van der Waals surface area contributed by atoms with Gasteiger partial charge in [0.05, 0.1) is 5.56 Å². The summed E-state index contributed by atoms with van der Waals surface area (Å²) in [6.07, 6.45) is 1.68. The summed E-state index contributed by atoms with van der Waals surface area (Å²) in [4.78, 5) is 23.6. The fraction of sp³-hybridized carbons (Fsp3) is 0.158. The van der Waals surface area contributed by atoms with E-state index in [1.165, 1.54) is 19.1 Å². The van der Waals surface area contributed by atoms with Gasteiger partial charge in [-0.15, -0.1) is 0 Å². The molecule has 0 spiro atoms. The van der Waals surface area contributed by atoms with Crippen LogP contribution in [-0.4, -0.2) is 16.8 Å². The lowest BCUT2D eigenvalue weighted by atomic mass is 9.97. The highest BCUT2D eigenvalue weighted by Crippen LogP contribution is 2.43. The zero-order chi connectivity index (χ0) is 17.4. The summed E-state index contributed by atoms with van der Waals surface area (Å²) < 4.78 is 14.1. The predicted octanol–water partition coefficient (Wildman–Crippen LogP) is 3.87. The molecule has 2 N–H and O–H groups in total. The van der Waals surface area contributed by atoms with E-state index in [4.69, 9.17) is 0 Å². The van der Waals surface area contributed by atoms with Gasteiger partial charge < -0.3 is 10.4 Å². The number of benzene rings is 2. The van der Waals surface area contributed by atoms with E-state index in [9.17, 15) is 19.1 Å². The third-order valence-corrected chi connectivity index (χ3v) is 4.11. The second-order valence-electron chi connectivity index (χ2n) is 5.81. The number of phenolic OH excluding ortho intramolecular Hbond substituents is 1. The Balaban J connectivity index is 1.97. The van der Waals surface area contributed by atoms with E-state index >= 15 is 0 Å². The molecule has 0 aliphatic heterocycles. The molecule has 0 fully saturated rings. The predicted molar refractivity (Wildman–Crippen MR) is 89.5 cm³/mol. The summed E-state index contributed by atoms with van der Waals surface area (Å²) >= 11 is 0. The number of rotatable bonds is 2. The Kier molecular flexibility index (Phi) is 3.93. The Morgan fingerprint density at radius 3 is 2.46 bits per heavy atom. The average molecular weight is 325 g/mol. The molecule has 1 amide bonds. The van der Waals surface area contributed by atoms with Crippen molar-refractivity contribution in [2.24, 2.45) is 0 Å². The van der Waals surface area contributed by atoms with Crippen LogP contribution in [0.15, 0.2) is 42.0 Å². The van der Waals surface area contributed by atoms with Gasteiger partial charge in [-0.25, -0.2) is 4.39 Å². The number of phenols is 1. The number of carbonyl (C=O) groups is 2. The Hall–Kier alpha value is -2.95. The minimum atomic E-state index is -0.493. The fourth-order valence-corrected chi connectivity index (χ4v) is 2.98. The van der Waals surface area contributed by atoms with E-state index in [2.05, 4.69) is 5.32 Å². The van der Waals surface area contributed by atoms with Gasteiger partial charge in [0.1, 0.15) is 11.6 Å². The molecule has 0 heterocycles. The van der Waals surface area contributed by atoms with Crippen molar-refractivity contribution in [2.75, 3.05) is 5.32 Å². The largest absolute Gasteiger partial charge is 0.507 e. The first-order chi connectivity index (χ1) is 11.4. The van der Waals surface area contributed by atoms with E-state index < -0.39 is 11.7 Å². The zero-order valence-corrected chi connectivity index (χ0v) is 13.3. The summed E-state index contributed by atoms with van der Waals surface area (Å²) in [6, 6.07) is 9.34. The maximum atomic E-state index is 14.1. The molecule has 0 saturated heterocycles. The Labute approximate surface area is 138 Å². The number of aromatic hydroxyl groups is 1. The van der Waals surface area contributed by atoms with Crippen LogP contribution < -0.4 is 5.32 Å². The second kappa shape index (κ2) is 5.92. The van der Waals surface area contributed by atoms with E-state index in [-0.39, 0.29) is 28.6 Å².